The number of rotatable bonds is 8. The Hall–Kier alpha value is -1.85. The number of hydrogen-bond acceptors (Lipinski definition) is 4. The number of nitrogens with one attached hydrogen (secondary N) is 1. The molecule has 0 unspecified atom stereocenters. The maximum Gasteiger partial charge on any atom is 0.120 e. The average molecular weight is 328 g/mol. The van der Waals surface area contributed by atoms with E-state index in [0.29, 0.717) is 0 Å². The summed E-state index contributed by atoms with van der Waals surface area (Å²) in [5.41, 5.74) is 1.26. The molecular formula is C19H28N4O. The lowest BCUT2D eigenvalue weighted by Crippen LogP contribution is -2.33. The number of imidazole rings is 1. The molecule has 0 spiro atoms. The Morgan fingerprint density at radius 3 is 2.88 bits per heavy atom. The molecule has 5 heteroatoms. The van der Waals surface area contributed by atoms with Crippen molar-refractivity contribution in [2.75, 3.05) is 33.3 Å². The van der Waals surface area contributed by atoms with E-state index in [9.17, 15) is 0 Å². The van der Waals surface area contributed by atoms with Gasteiger partial charge in [0.25, 0.3) is 0 Å². The van der Waals surface area contributed by atoms with Gasteiger partial charge in [-0.25, -0.2) is 4.98 Å². The molecule has 0 radical (unpaired) electrons. The van der Waals surface area contributed by atoms with E-state index < -0.39 is 0 Å². The molecule has 0 aliphatic carbocycles. The second kappa shape index (κ2) is 8.85. The number of piperidine rings is 1. The van der Waals surface area contributed by atoms with Crippen LogP contribution >= 0.6 is 0 Å². The highest BCUT2D eigenvalue weighted by Crippen LogP contribution is 2.16. The van der Waals surface area contributed by atoms with Crippen LogP contribution in [0.15, 0.2) is 36.7 Å². The molecule has 0 saturated carbocycles. The molecule has 0 bridgehead atoms. The summed E-state index contributed by atoms with van der Waals surface area (Å²) in [5.74, 6) is 1.96. The fourth-order valence-electron chi connectivity index (χ4n) is 3.22. The molecule has 5 nitrogen and oxygen atoms in total. The van der Waals surface area contributed by atoms with E-state index in [2.05, 4.69) is 45.0 Å². The Bertz CT molecular complexity index is 593. The molecule has 130 valence electrons. The molecule has 1 fully saturated rings. The summed E-state index contributed by atoms with van der Waals surface area (Å²) >= 11 is 0. The van der Waals surface area contributed by atoms with Gasteiger partial charge in [0.2, 0.25) is 0 Å². The number of aromatic nitrogens is 2. The van der Waals surface area contributed by atoms with Gasteiger partial charge in [-0.3, -0.25) is 9.80 Å². The lowest BCUT2D eigenvalue weighted by Gasteiger charge is -2.26. The third-order valence-corrected chi connectivity index (χ3v) is 4.45. The van der Waals surface area contributed by atoms with Gasteiger partial charge in [-0.15, -0.1) is 0 Å². The number of H-pyrrole nitrogens is 1. The summed E-state index contributed by atoms with van der Waals surface area (Å²) in [4.78, 5) is 12.2. The molecule has 1 aliphatic heterocycles. The molecule has 1 aromatic heterocycles. The number of benzene rings is 1. The van der Waals surface area contributed by atoms with Gasteiger partial charge in [0, 0.05) is 25.5 Å². The molecule has 0 amide bonds. The first-order valence-electron chi connectivity index (χ1n) is 8.90. The first-order chi connectivity index (χ1) is 11.8. The standard InChI is InChI=1S/C19H28N4O/c1-22(16-19-20-8-9-21-19)15-17-6-5-7-18(14-17)24-13-12-23-10-3-2-4-11-23/h5-9,14H,2-4,10-13,15-16H2,1H3,(H,20,21). The van der Waals surface area contributed by atoms with Crippen LogP contribution in [0, 0.1) is 0 Å². The number of hydrogen-bond donors (Lipinski definition) is 1. The number of aromatic amines is 1. The van der Waals surface area contributed by atoms with Crippen LogP contribution in [0.25, 0.3) is 0 Å². The molecule has 2 aromatic rings. The second-order valence-corrected chi connectivity index (χ2v) is 6.61. The minimum atomic E-state index is 0.770. The first-order valence-corrected chi connectivity index (χ1v) is 8.90. The topological polar surface area (TPSA) is 44.4 Å². The third kappa shape index (κ3) is 5.35. The molecule has 1 aromatic carbocycles. The minimum absolute atomic E-state index is 0.770. The molecule has 1 aliphatic rings. The van der Waals surface area contributed by atoms with Crippen molar-refractivity contribution in [1.82, 2.24) is 19.8 Å². The van der Waals surface area contributed by atoms with Crippen LogP contribution in [0.2, 0.25) is 0 Å². The minimum Gasteiger partial charge on any atom is -0.492 e. The summed E-state index contributed by atoms with van der Waals surface area (Å²) in [6, 6.07) is 8.42. The van der Waals surface area contributed by atoms with Crippen LogP contribution in [0.4, 0.5) is 0 Å². The van der Waals surface area contributed by atoms with Crippen LogP contribution in [-0.2, 0) is 13.1 Å². The van der Waals surface area contributed by atoms with Gasteiger partial charge in [-0.2, -0.15) is 0 Å². The Balaban J connectivity index is 1.44. The molecule has 0 atom stereocenters. The largest absolute Gasteiger partial charge is 0.492 e. The summed E-state index contributed by atoms with van der Waals surface area (Å²) in [5, 5.41) is 0. The summed E-state index contributed by atoms with van der Waals surface area (Å²) in [6.07, 6.45) is 7.69. The van der Waals surface area contributed by atoms with E-state index in [4.69, 9.17) is 4.74 Å². The van der Waals surface area contributed by atoms with E-state index in [-0.39, 0.29) is 0 Å². The predicted octanol–water partition coefficient (Wildman–Crippen LogP) is 2.91. The lowest BCUT2D eigenvalue weighted by atomic mass is 10.1. The quantitative estimate of drug-likeness (QED) is 0.809. The molecule has 1 saturated heterocycles. The zero-order valence-electron chi connectivity index (χ0n) is 14.6. The van der Waals surface area contributed by atoms with Crippen LogP contribution < -0.4 is 4.74 Å². The summed E-state index contributed by atoms with van der Waals surface area (Å²) < 4.78 is 5.96. The van der Waals surface area contributed by atoms with Crippen LogP contribution in [-0.4, -0.2) is 53.1 Å². The Kier molecular flexibility index (Phi) is 6.26. The summed E-state index contributed by atoms with van der Waals surface area (Å²) in [6.45, 7) is 5.94. The highest BCUT2D eigenvalue weighted by molar-refractivity contribution is 5.28. The van der Waals surface area contributed by atoms with Gasteiger partial charge >= 0.3 is 0 Å². The molecule has 1 N–H and O–H groups in total. The van der Waals surface area contributed by atoms with Crippen molar-refractivity contribution >= 4 is 0 Å². The fourth-order valence-corrected chi connectivity index (χ4v) is 3.22. The zero-order chi connectivity index (χ0) is 16.6. The predicted molar refractivity (Wildman–Crippen MR) is 96.0 cm³/mol. The normalized spacial score (nSPS) is 15.8. The van der Waals surface area contributed by atoms with Crippen molar-refractivity contribution in [3.05, 3.63) is 48.0 Å². The molecule has 2 heterocycles. The second-order valence-electron chi connectivity index (χ2n) is 6.61. The third-order valence-electron chi connectivity index (χ3n) is 4.45. The Labute approximate surface area is 144 Å². The van der Waals surface area contributed by atoms with Crippen molar-refractivity contribution in [2.45, 2.75) is 32.4 Å². The van der Waals surface area contributed by atoms with E-state index in [1.54, 1.807) is 6.20 Å². The van der Waals surface area contributed by atoms with Gasteiger partial charge in [0.15, 0.2) is 0 Å². The van der Waals surface area contributed by atoms with E-state index >= 15 is 0 Å². The zero-order valence-corrected chi connectivity index (χ0v) is 14.6. The average Bonchev–Trinajstić information content (AvgIpc) is 3.09. The van der Waals surface area contributed by atoms with Crippen LogP contribution in [0.5, 0.6) is 5.75 Å². The van der Waals surface area contributed by atoms with Gasteiger partial charge in [0.05, 0.1) is 6.54 Å². The van der Waals surface area contributed by atoms with Gasteiger partial charge in [-0.05, 0) is 50.7 Å². The highest BCUT2D eigenvalue weighted by Gasteiger charge is 2.09. The van der Waals surface area contributed by atoms with Crippen molar-refractivity contribution in [3.8, 4) is 5.75 Å². The van der Waals surface area contributed by atoms with Crippen molar-refractivity contribution in [3.63, 3.8) is 0 Å². The number of nitrogens with zero attached hydrogens (tertiary/aromatic N) is 3. The molecular weight excluding hydrogens is 300 g/mol. The van der Waals surface area contributed by atoms with Crippen molar-refractivity contribution in [2.24, 2.45) is 0 Å². The molecule has 3 rings (SSSR count). The number of ether oxygens (including phenoxy) is 1. The monoisotopic (exact) mass is 328 g/mol. The maximum atomic E-state index is 5.96. The van der Waals surface area contributed by atoms with E-state index in [0.717, 1.165) is 37.8 Å². The van der Waals surface area contributed by atoms with Crippen LogP contribution in [0.3, 0.4) is 0 Å². The lowest BCUT2D eigenvalue weighted by molar-refractivity contribution is 0.183. The Morgan fingerprint density at radius 2 is 2.08 bits per heavy atom. The van der Waals surface area contributed by atoms with E-state index in [1.807, 2.05) is 12.3 Å². The fraction of sp³-hybridized carbons (Fsp3) is 0.526. The SMILES string of the molecule is CN(Cc1cccc(OCCN2CCCCC2)c1)Cc1ncc[nH]1. The van der Waals surface area contributed by atoms with Gasteiger partial charge in [0.1, 0.15) is 18.2 Å². The first kappa shape index (κ1) is 17.0. The number of likely N-dealkylation sites (tertiary alicyclic amines) is 1. The van der Waals surface area contributed by atoms with Gasteiger partial charge in [-0.1, -0.05) is 18.6 Å². The molecule has 24 heavy (non-hydrogen) atoms. The highest BCUT2D eigenvalue weighted by atomic mass is 16.5. The van der Waals surface area contributed by atoms with Gasteiger partial charge < -0.3 is 9.72 Å². The van der Waals surface area contributed by atoms with Crippen molar-refractivity contribution < 1.29 is 4.74 Å². The Morgan fingerprint density at radius 1 is 1.21 bits per heavy atom. The summed E-state index contributed by atoms with van der Waals surface area (Å²) in [7, 11) is 2.10. The van der Waals surface area contributed by atoms with Crippen molar-refractivity contribution in [1.29, 1.82) is 0 Å². The van der Waals surface area contributed by atoms with E-state index in [1.165, 1.54) is 37.9 Å². The maximum absolute atomic E-state index is 5.96. The smallest absolute Gasteiger partial charge is 0.120 e. The van der Waals surface area contributed by atoms with Crippen LogP contribution in [0.1, 0.15) is 30.7 Å².